The van der Waals surface area contributed by atoms with E-state index < -0.39 is 28.7 Å². The molecule has 4 heterocycles. The van der Waals surface area contributed by atoms with E-state index in [9.17, 15) is 26.4 Å². The lowest BCUT2D eigenvalue weighted by atomic mass is 9.96. The van der Waals surface area contributed by atoms with Crippen LogP contribution in [0, 0.1) is 13.8 Å². The van der Waals surface area contributed by atoms with Gasteiger partial charge in [0.15, 0.2) is 5.03 Å². The molecule has 1 aliphatic rings. The molecule has 0 spiro atoms. The van der Waals surface area contributed by atoms with Gasteiger partial charge in [-0.15, -0.1) is 0 Å². The maximum Gasteiger partial charge on any atom is 0.390 e. The van der Waals surface area contributed by atoms with Crippen LogP contribution >= 0.6 is 0 Å². The first-order valence-electron chi connectivity index (χ1n) is 12.7. The summed E-state index contributed by atoms with van der Waals surface area (Å²) in [5, 5.41) is 5.16. The number of pyridine rings is 2. The van der Waals surface area contributed by atoms with Gasteiger partial charge in [-0.1, -0.05) is 6.07 Å². The smallest absolute Gasteiger partial charge is 0.316 e. The summed E-state index contributed by atoms with van der Waals surface area (Å²) in [6.07, 6.45) is -0.598. The van der Waals surface area contributed by atoms with Crippen molar-refractivity contribution in [3.8, 4) is 5.69 Å². The molecule has 4 aromatic rings. The first kappa shape index (κ1) is 28.0. The highest BCUT2D eigenvalue weighted by atomic mass is 32.2. The van der Waals surface area contributed by atoms with Crippen molar-refractivity contribution in [2.75, 3.05) is 26.2 Å². The van der Waals surface area contributed by atoms with Crippen molar-refractivity contribution in [2.24, 2.45) is 7.05 Å². The van der Waals surface area contributed by atoms with E-state index in [1.165, 1.54) is 21.1 Å². The van der Waals surface area contributed by atoms with E-state index >= 15 is 0 Å². The maximum absolute atomic E-state index is 13.4. The Morgan fingerprint density at radius 2 is 1.85 bits per heavy atom. The second-order valence-electron chi connectivity index (χ2n) is 10.1. The maximum atomic E-state index is 13.4. The van der Waals surface area contributed by atoms with Gasteiger partial charge in [-0.2, -0.15) is 22.6 Å². The highest BCUT2D eigenvalue weighted by Gasteiger charge is 2.38. The fraction of sp³-hybridized carbons (Fsp3) is 0.370. The number of aromatic nitrogens is 4. The molecule has 13 heteroatoms. The highest BCUT2D eigenvalue weighted by molar-refractivity contribution is 7.89. The molecule has 1 aliphatic heterocycles. The summed E-state index contributed by atoms with van der Waals surface area (Å²) in [7, 11) is -2.28. The number of benzene rings is 1. The van der Waals surface area contributed by atoms with E-state index in [1.54, 1.807) is 54.1 Å². The van der Waals surface area contributed by atoms with Gasteiger partial charge in [0.05, 0.1) is 23.8 Å². The van der Waals surface area contributed by atoms with Crippen molar-refractivity contribution in [1.29, 1.82) is 0 Å². The molecule has 40 heavy (non-hydrogen) atoms. The van der Waals surface area contributed by atoms with Crippen LogP contribution in [0.2, 0.25) is 0 Å². The predicted molar refractivity (Wildman–Crippen MR) is 144 cm³/mol. The van der Waals surface area contributed by atoms with Crippen LogP contribution in [0.1, 0.15) is 29.2 Å². The lowest BCUT2D eigenvalue weighted by Gasteiger charge is -2.41. The van der Waals surface area contributed by atoms with Crippen molar-refractivity contribution in [2.45, 2.75) is 37.5 Å². The number of alkyl halides is 3. The minimum Gasteiger partial charge on any atom is -0.316 e. The van der Waals surface area contributed by atoms with Crippen LogP contribution in [0.4, 0.5) is 13.2 Å². The molecule has 0 N–H and O–H groups in total. The number of rotatable bonds is 6. The summed E-state index contributed by atoms with van der Waals surface area (Å²) < 4.78 is 70.8. The van der Waals surface area contributed by atoms with Gasteiger partial charge in [-0.25, -0.2) is 18.1 Å². The zero-order valence-corrected chi connectivity index (χ0v) is 23.1. The van der Waals surface area contributed by atoms with Gasteiger partial charge in [0.1, 0.15) is 0 Å². The molecule has 0 bridgehead atoms. The number of nitrogens with zero attached hydrogens (tertiary/aromatic N) is 6. The summed E-state index contributed by atoms with van der Waals surface area (Å²) in [6.45, 7) is 3.51. The Labute approximate surface area is 229 Å². The quantitative estimate of drug-likeness (QED) is 0.349. The van der Waals surface area contributed by atoms with Crippen LogP contribution in [0.3, 0.4) is 0 Å². The van der Waals surface area contributed by atoms with E-state index in [0.717, 1.165) is 22.0 Å². The Morgan fingerprint density at radius 3 is 2.52 bits per heavy atom. The Bertz CT molecular complexity index is 1690. The third-order valence-electron chi connectivity index (χ3n) is 7.29. The minimum absolute atomic E-state index is 0.0166. The van der Waals surface area contributed by atoms with E-state index in [0.29, 0.717) is 11.3 Å². The van der Waals surface area contributed by atoms with Crippen molar-refractivity contribution < 1.29 is 21.6 Å². The van der Waals surface area contributed by atoms with E-state index in [-0.39, 0.29) is 36.8 Å². The SMILES string of the molecule is Cc1cc2c(cnn2-c2cc(C)c(=O)n(C)c2)cc1C1CN(S(=O)(=O)c2ccccn2)CCN1CCC(F)(F)F. The van der Waals surface area contributed by atoms with Crippen LogP contribution in [0.25, 0.3) is 16.6 Å². The van der Waals surface area contributed by atoms with Crippen LogP contribution in [-0.2, 0) is 17.1 Å². The van der Waals surface area contributed by atoms with Crippen molar-refractivity contribution in [3.05, 3.63) is 82.0 Å². The van der Waals surface area contributed by atoms with Gasteiger partial charge in [0.2, 0.25) is 0 Å². The Balaban J connectivity index is 1.55. The monoisotopic (exact) mass is 574 g/mol. The van der Waals surface area contributed by atoms with E-state index in [1.807, 2.05) is 19.1 Å². The lowest BCUT2D eigenvalue weighted by Crippen LogP contribution is -2.51. The molecule has 5 rings (SSSR count). The number of hydrogen-bond acceptors (Lipinski definition) is 6. The Hall–Kier alpha value is -3.55. The van der Waals surface area contributed by atoms with Crippen LogP contribution in [-0.4, -0.2) is 69.3 Å². The fourth-order valence-corrected chi connectivity index (χ4v) is 6.58. The first-order valence-corrected chi connectivity index (χ1v) is 14.2. The van der Waals surface area contributed by atoms with Crippen LogP contribution in [0.5, 0.6) is 0 Å². The third kappa shape index (κ3) is 5.40. The molecule has 0 amide bonds. The average molecular weight is 575 g/mol. The minimum atomic E-state index is -4.34. The standard InChI is InChI=1S/C27H29F3N6O3S/c1-18-13-23-20(15-32-36(23)21-12-19(2)26(37)33(3)16-21)14-22(18)24-17-35(11-10-34(24)9-7-27(28,29)30)40(38,39)25-6-4-5-8-31-25/h4-6,8,12-16,24H,7,9-11,17H2,1-3H3. The van der Waals surface area contributed by atoms with Crippen LogP contribution in [0.15, 0.2) is 64.8 Å². The molecule has 1 saturated heterocycles. The fourth-order valence-electron chi connectivity index (χ4n) is 5.21. The van der Waals surface area contributed by atoms with Crippen molar-refractivity contribution >= 4 is 20.9 Å². The number of sulfonamides is 1. The first-order chi connectivity index (χ1) is 18.8. The molecule has 212 valence electrons. The predicted octanol–water partition coefficient (Wildman–Crippen LogP) is 3.74. The van der Waals surface area contributed by atoms with Gasteiger partial charge in [0, 0.05) is 62.6 Å². The third-order valence-corrected chi connectivity index (χ3v) is 9.07. The summed E-state index contributed by atoms with van der Waals surface area (Å²) in [5.41, 5.74) is 3.42. The number of halogens is 3. The second kappa shape index (κ2) is 10.5. The lowest BCUT2D eigenvalue weighted by molar-refractivity contribution is -0.140. The van der Waals surface area contributed by atoms with E-state index in [4.69, 9.17) is 0 Å². The van der Waals surface area contributed by atoms with Gasteiger partial charge in [0.25, 0.3) is 15.6 Å². The van der Waals surface area contributed by atoms with Gasteiger partial charge >= 0.3 is 6.18 Å². The van der Waals surface area contributed by atoms with Crippen LogP contribution < -0.4 is 5.56 Å². The molecule has 1 aromatic carbocycles. The van der Waals surface area contributed by atoms with Gasteiger partial charge in [-0.05, 0) is 55.3 Å². The zero-order valence-electron chi connectivity index (χ0n) is 22.3. The van der Waals surface area contributed by atoms with E-state index in [2.05, 4.69) is 10.1 Å². The Morgan fingerprint density at radius 1 is 1.07 bits per heavy atom. The summed E-state index contributed by atoms with van der Waals surface area (Å²) in [5.74, 6) is 0. The number of fused-ring (bicyclic) bond motifs is 1. The molecule has 0 radical (unpaired) electrons. The number of hydrogen-bond donors (Lipinski definition) is 0. The number of aryl methyl sites for hydroxylation is 3. The molecule has 1 fully saturated rings. The molecule has 0 saturated carbocycles. The molecular weight excluding hydrogens is 545 g/mol. The Kier molecular flexibility index (Phi) is 7.31. The molecular formula is C27H29F3N6O3S. The average Bonchev–Trinajstić information content (AvgIpc) is 3.32. The normalized spacial score (nSPS) is 17.5. The summed E-state index contributed by atoms with van der Waals surface area (Å²) in [4.78, 5) is 17.9. The molecule has 1 unspecified atom stereocenters. The second-order valence-corrected chi connectivity index (χ2v) is 12.0. The summed E-state index contributed by atoms with van der Waals surface area (Å²) in [6, 6.07) is 9.51. The van der Waals surface area contributed by atoms with Crippen molar-refractivity contribution in [1.82, 2.24) is 28.5 Å². The molecule has 1 atom stereocenters. The highest BCUT2D eigenvalue weighted by Crippen LogP contribution is 2.34. The van der Waals surface area contributed by atoms with Gasteiger partial charge in [-0.3, -0.25) is 9.69 Å². The largest absolute Gasteiger partial charge is 0.390 e. The summed E-state index contributed by atoms with van der Waals surface area (Å²) >= 11 is 0. The zero-order chi connectivity index (χ0) is 28.8. The molecule has 3 aromatic heterocycles. The molecule has 9 nitrogen and oxygen atoms in total. The number of piperazine rings is 1. The topological polar surface area (TPSA) is 93.3 Å². The van der Waals surface area contributed by atoms with Gasteiger partial charge < -0.3 is 4.57 Å². The molecule has 0 aliphatic carbocycles. The van der Waals surface area contributed by atoms with Crippen molar-refractivity contribution in [3.63, 3.8) is 0 Å².